The smallest absolute Gasteiger partial charge is 0.0630 e. The summed E-state index contributed by atoms with van der Waals surface area (Å²) in [5.74, 6) is 0. The highest BCUT2D eigenvalue weighted by molar-refractivity contribution is 6.30. The number of halogens is 1. The third kappa shape index (κ3) is 3.58. The molecule has 1 atom stereocenters. The fourth-order valence-corrected chi connectivity index (χ4v) is 4.45. The Hall–Kier alpha value is -2.59. The van der Waals surface area contributed by atoms with Crippen molar-refractivity contribution in [3.05, 3.63) is 95.0 Å². The lowest BCUT2D eigenvalue weighted by atomic mass is 9.92. The van der Waals surface area contributed by atoms with Gasteiger partial charge in [-0.2, -0.15) is 0 Å². The third-order valence-corrected chi connectivity index (χ3v) is 5.93. The lowest BCUT2D eigenvalue weighted by molar-refractivity contribution is 0.0243. The molecular weight excluding hydrogens is 380 g/mol. The molecule has 146 valence electrons. The van der Waals surface area contributed by atoms with Crippen molar-refractivity contribution < 1.29 is 4.74 Å². The van der Waals surface area contributed by atoms with Crippen molar-refractivity contribution in [1.29, 1.82) is 0 Å². The number of ether oxygens (including phenoxy) is 1. The lowest BCUT2D eigenvalue weighted by Gasteiger charge is -2.35. The van der Waals surface area contributed by atoms with Gasteiger partial charge in [0.1, 0.15) is 0 Å². The maximum absolute atomic E-state index is 6.21. The Balaban J connectivity index is 1.75. The average Bonchev–Trinajstić information content (AvgIpc) is 3.16. The first-order valence-electron chi connectivity index (χ1n) is 10.0. The fraction of sp³-hybridized carbons (Fsp3) is 0.200. The van der Waals surface area contributed by atoms with E-state index in [0.717, 1.165) is 36.8 Å². The first-order chi connectivity index (χ1) is 14.3. The van der Waals surface area contributed by atoms with E-state index in [1.165, 1.54) is 27.8 Å². The van der Waals surface area contributed by atoms with Gasteiger partial charge in [0.15, 0.2) is 0 Å². The molecule has 3 nitrogen and oxygen atoms in total. The van der Waals surface area contributed by atoms with Crippen molar-refractivity contribution in [3.63, 3.8) is 0 Å². The molecule has 29 heavy (non-hydrogen) atoms. The van der Waals surface area contributed by atoms with Crippen LogP contribution in [0.2, 0.25) is 5.02 Å². The first kappa shape index (κ1) is 18.4. The van der Waals surface area contributed by atoms with Crippen LogP contribution in [0.1, 0.15) is 17.2 Å². The number of rotatable bonds is 4. The van der Waals surface area contributed by atoms with Gasteiger partial charge in [-0.1, -0.05) is 72.3 Å². The molecule has 4 heteroatoms. The van der Waals surface area contributed by atoms with E-state index in [-0.39, 0.29) is 6.04 Å². The largest absolute Gasteiger partial charge is 0.379 e. The third-order valence-electron chi connectivity index (χ3n) is 5.68. The van der Waals surface area contributed by atoms with Crippen LogP contribution in [0.5, 0.6) is 0 Å². The minimum absolute atomic E-state index is 0.127. The molecule has 1 saturated heterocycles. The van der Waals surface area contributed by atoms with Crippen molar-refractivity contribution in [1.82, 2.24) is 9.88 Å². The summed E-state index contributed by atoms with van der Waals surface area (Å²) in [6.07, 6.45) is 0. The Kier molecular flexibility index (Phi) is 5.11. The van der Waals surface area contributed by atoms with Crippen LogP contribution in [0.3, 0.4) is 0 Å². The van der Waals surface area contributed by atoms with Crippen LogP contribution >= 0.6 is 11.6 Å². The Bertz CT molecular complexity index is 1100. The van der Waals surface area contributed by atoms with Gasteiger partial charge in [0.05, 0.1) is 24.9 Å². The molecule has 1 aliphatic rings. The van der Waals surface area contributed by atoms with Crippen LogP contribution in [-0.2, 0) is 4.74 Å². The van der Waals surface area contributed by atoms with E-state index in [4.69, 9.17) is 16.3 Å². The van der Waals surface area contributed by atoms with Gasteiger partial charge in [-0.15, -0.1) is 0 Å². The maximum atomic E-state index is 6.21. The molecule has 0 spiro atoms. The highest BCUT2D eigenvalue weighted by Crippen LogP contribution is 2.41. The Morgan fingerprint density at radius 2 is 1.52 bits per heavy atom. The van der Waals surface area contributed by atoms with E-state index in [0.29, 0.717) is 0 Å². The van der Waals surface area contributed by atoms with Crippen LogP contribution in [-0.4, -0.2) is 36.2 Å². The zero-order chi connectivity index (χ0) is 19.6. The van der Waals surface area contributed by atoms with Crippen molar-refractivity contribution in [2.45, 2.75) is 6.04 Å². The lowest BCUT2D eigenvalue weighted by Crippen LogP contribution is -2.39. The highest BCUT2D eigenvalue weighted by Gasteiger charge is 2.29. The van der Waals surface area contributed by atoms with E-state index >= 15 is 0 Å². The molecule has 0 bridgehead atoms. The van der Waals surface area contributed by atoms with Crippen molar-refractivity contribution in [3.8, 4) is 11.3 Å². The number of hydrogen-bond acceptors (Lipinski definition) is 2. The summed E-state index contributed by atoms with van der Waals surface area (Å²) in [6, 6.07) is 27.6. The fourth-order valence-electron chi connectivity index (χ4n) is 4.32. The van der Waals surface area contributed by atoms with E-state index in [2.05, 4.69) is 76.6 Å². The van der Waals surface area contributed by atoms with Gasteiger partial charge in [0.25, 0.3) is 0 Å². The number of para-hydroxylation sites is 1. The SMILES string of the molecule is Clc1ccc([C@H](c2c(-c3ccccc3)[nH]c3ccccc23)N2CCOCC2)cc1. The number of morpholine rings is 1. The zero-order valence-electron chi connectivity index (χ0n) is 16.1. The monoisotopic (exact) mass is 402 g/mol. The second-order valence-electron chi connectivity index (χ2n) is 7.43. The molecule has 2 heterocycles. The van der Waals surface area contributed by atoms with Gasteiger partial charge in [-0.3, -0.25) is 4.90 Å². The van der Waals surface area contributed by atoms with Gasteiger partial charge in [-0.05, 0) is 29.3 Å². The van der Waals surface area contributed by atoms with E-state index < -0.39 is 0 Å². The number of aromatic nitrogens is 1. The standard InChI is InChI=1S/C25H23ClN2O/c26-20-12-10-19(11-13-20)25(28-14-16-29-17-15-28)23-21-8-4-5-9-22(21)27-24(23)18-6-2-1-3-7-18/h1-13,25,27H,14-17H2/t25-/m1/s1. The van der Waals surface area contributed by atoms with Gasteiger partial charge in [-0.25, -0.2) is 0 Å². The summed E-state index contributed by atoms with van der Waals surface area (Å²) in [6.45, 7) is 3.32. The molecule has 1 N–H and O–H groups in total. The molecule has 0 saturated carbocycles. The number of aromatic amines is 1. The molecule has 0 amide bonds. The predicted octanol–water partition coefficient (Wildman–Crippen LogP) is 5.91. The van der Waals surface area contributed by atoms with E-state index in [1.54, 1.807) is 0 Å². The van der Waals surface area contributed by atoms with Gasteiger partial charge in [0.2, 0.25) is 0 Å². The van der Waals surface area contributed by atoms with Gasteiger partial charge < -0.3 is 9.72 Å². The minimum Gasteiger partial charge on any atom is -0.379 e. The van der Waals surface area contributed by atoms with Gasteiger partial charge >= 0.3 is 0 Å². The minimum atomic E-state index is 0.127. The molecule has 1 aromatic heterocycles. The number of nitrogens with one attached hydrogen (secondary N) is 1. The summed E-state index contributed by atoms with van der Waals surface area (Å²) in [5.41, 5.74) is 6.10. The first-order valence-corrected chi connectivity index (χ1v) is 10.4. The topological polar surface area (TPSA) is 28.3 Å². The average molecular weight is 403 g/mol. The molecule has 0 aliphatic carbocycles. The van der Waals surface area contributed by atoms with Crippen molar-refractivity contribution >= 4 is 22.5 Å². The Morgan fingerprint density at radius 1 is 0.828 bits per heavy atom. The molecule has 3 aromatic carbocycles. The summed E-state index contributed by atoms with van der Waals surface area (Å²) >= 11 is 6.21. The number of hydrogen-bond donors (Lipinski definition) is 1. The highest BCUT2D eigenvalue weighted by atomic mass is 35.5. The maximum Gasteiger partial charge on any atom is 0.0630 e. The van der Waals surface area contributed by atoms with Gasteiger partial charge in [0, 0.05) is 34.6 Å². The number of benzene rings is 3. The number of nitrogens with zero attached hydrogens (tertiary/aromatic N) is 1. The Labute approximate surface area is 175 Å². The van der Waals surface area contributed by atoms with Crippen LogP contribution in [0, 0.1) is 0 Å². The number of fused-ring (bicyclic) bond motifs is 1. The zero-order valence-corrected chi connectivity index (χ0v) is 16.9. The van der Waals surface area contributed by atoms with Crippen LogP contribution in [0.4, 0.5) is 0 Å². The van der Waals surface area contributed by atoms with E-state index in [9.17, 15) is 0 Å². The van der Waals surface area contributed by atoms with Crippen LogP contribution in [0.25, 0.3) is 22.2 Å². The molecule has 4 aromatic rings. The normalized spacial score (nSPS) is 16.2. The number of H-pyrrole nitrogens is 1. The summed E-state index contributed by atoms with van der Waals surface area (Å²) < 4.78 is 5.65. The Morgan fingerprint density at radius 3 is 2.28 bits per heavy atom. The molecule has 1 aliphatic heterocycles. The van der Waals surface area contributed by atoms with Crippen molar-refractivity contribution in [2.24, 2.45) is 0 Å². The van der Waals surface area contributed by atoms with Crippen LogP contribution in [0.15, 0.2) is 78.9 Å². The summed E-state index contributed by atoms with van der Waals surface area (Å²) in [4.78, 5) is 6.22. The summed E-state index contributed by atoms with van der Waals surface area (Å²) in [5, 5.41) is 2.02. The molecule has 0 radical (unpaired) electrons. The molecular formula is C25H23ClN2O. The quantitative estimate of drug-likeness (QED) is 0.459. The predicted molar refractivity (Wildman–Crippen MR) is 119 cm³/mol. The second kappa shape index (κ2) is 8.03. The van der Waals surface area contributed by atoms with E-state index in [1.807, 2.05) is 12.1 Å². The van der Waals surface area contributed by atoms with Crippen molar-refractivity contribution in [2.75, 3.05) is 26.3 Å². The molecule has 1 fully saturated rings. The second-order valence-corrected chi connectivity index (χ2v) is 7.86. The molecule has 0 unspecified atom stereocenters. The molecule has 5 rings (SSSR count). The van der Waals surface area contributed by atoms with Crippen LogP contribution < -0.4 is 0 Å². The summed E-state index contributed by atoms with van der Waals surface area (Å²) in [7, 11) is 0.